The van der Waals surface area contributed by atoms with E-state index in [1.54, 1.807) is 0 Å². The van der Waals surface area contributed by atoms with Crippen LogP contribution in [0.25, 0.3) is 0 Å². The van der Waals surface area contributed by atoms with Gasteiger partial charge in [0.15, 0.2) is 0 Å². The van der Waals surface area contributed by atoms with Crippen LogP contribution in [0.5, 0.6) is 0 Å². The summed E-state index contributed by atoms with van der Waals surface area (Å²) in [7, 11) is 0. The zero-order chi connectivity index (χ0) is 15.3. The van der Waals surface area contributed by atoms with Crippen molar-refractivity contribution < 1.29 is 14.7 Å². The van der Waals surface area contributed by atoms with Gasteiger partial charge in [0, 0.05) is 12.3 Å². The highest BCUT2D eigenvalue weighted by Gasteiger charge is 2.21. The van der Waals surface area contributed by atoms with Gasteiger partial charge in [-0.1, -0.05) is 13.8 Å². The molecule has 0 fully saturated rings. The fraction of sp³-hybridized carbons (Fsp3) is 0.500. The molecule has 0 saturated heterocycles. The maximum atomic E-state index is 11.7. The second kappa shape index (κ2) is 6.69. The number of aliphatic carboxylic acids is 1. The fourth-order valence-corrected chi connectivity index (χ4v) is 1.66. The number of amides is 1. The summed E-state index contributed by atoms with van der Waals surface area (Å²) in [5.74, 6) is -1.62. The molecule has 0 aliphatic heterocycles. The summed E-state index contributed by atoms with van der Waals surface area (Å²) in [6.07, 6.45) is 1.47. The summed E-state index contributed by atoms with van der Waals surface area (Å²) in [4.78, 5) is 47.0. The highest BCUT2D eigenvalue weighted by molar-refractivity contribution is 5.83. The minimum Gasteiger partial charge on any atom is -0.480 e. The Kier molecular flexibility index (Phi) is 5.24. The van der Waals surface area contributed by atoms with E-state index in [-0.39, 0.29) is 12.5 Å². The Labute approximate surface area is 114 Å². The van der Waals surface area contributed by atoms with Gasteiger partial charge in [-0.2, -0.15) is 0 Å². The fourth-order valence-electron chi connectivity index (χ4n) is 1.66. The molecule has 1 atom stereocenters. The Bertz CT molecular complexity index is 602. The summed E-state index contributed by atoms with van der Waals surface area (Å²) in [6, 6.07) is 0.109. The van der Waals surface area contributed by atoms with Gasteiger partial charge in [0.25, 0.3) is 5.56 Å². The summed E-state index contributed by atoms with van der Waals surface area (Å²) in [6.45, 7) is 3.33. The van der Waals surface area contributed by atoms with E-state index in [0.29, 0.717) is 6.42 Å². The molecule has 0 aliphatic carbocycles. The number of aromatic amines is 1. The molecular formula is C12H17N3O5. The van der Waals surface area contributed by atoms with Crippen LogP contribution in [-0.4, -0.2) is 32.6 Å². The van der Waals surface area contributed by atoms with E-state index in [1.165, 1.54) is 6.20 Å². The first-order chi connectivity index (χ1) is 9.29. The molecule has 0 saturated carbocycles. The van der Waals surface area contributed by atoms with Crippen molar-refractivity contribution in [2.45, 2.75) is 32.9 Å². The maximum Gasteiger partial charge on any atom is 0.328 e. The third-order valence-electron chi connectivity index (χ3n) is 2.55. The van der Waals surface area contributed by atoms with Crippen LogP contribution in [0.4, 0.5) is 0 Å². The second-order valence-electron chi connectivity index (χ2n) is 4.83. The highest BCUT2D eigenvalue weighted by Crippen LogP contribution is 2.04. The first kappa shape index (κ1) is 15.7. The molecule has 3 N–H and O–H groups in total. The van der Waals surface area contributed by atoms with Crippen molar-refractivity contribution in [2.75, 3.05) is 0 Å². The number of carboxylic acid groups (broad SMARTS) is 1. The predicted octanol–water partition coefficient (Wildman–Crippen LogP) is -0.848. The number of nitrogens with zero attached hydrogens (tertiary/aromatic N) is 1. The number of rotatable bonds is 6. The van der Waals surface area contributed by atoms with E-state index < -0.39 is 29.2 Å². The van der Waals surface area contributed by atoms with Crippen LogP contribution in [0, 0.1) is 5.92 Å². The van der Waals surface area contributed by atoms with E-state index in [2.05, 4.69) is 5.32 Å². The van der Waals surface area contributed by atoms with Crippen LogP contribution in [0.15, 0.2) is 21.9 Å². The molecule has 8 heteroatoms. The number of aromatic nitrogens is 2. The lowest BCUT2D eigenvalue weighted by atomic mass is 10.0. The average Bonchev–Trinajstić information content (AvgIpc) is 2.31. The van der Waals surface area contributed by atoms with Crippen molar-refractivity contribution >= 4 is 11.9 Å². The standard InChI is InChI=1S/C12H17N3O5/c1-7(2)5-8(11(18)19)13-10(17)6-15-4-3-9(16)14-12(15)20/h3-4,7-8H,5-6H2,1-2H3,(H,13,17)(H,18,19)(H,14,16,20)/t8-/m0/s1. The normalized spacial score (nSPS) is 12.2. The van der Waals surface area contributed by atoms with Crippen molar-refractivity contribution in [2.24, 2.45) is 5.92 Å². The topological polar surface area (TPSA) is 121 Å². The largest absolute Gasteiger partial charge is 0.480 e. The van der Waals surface area contributed by atoms with E-state index in [4.69, 9.17) is 5.11 Å². The Morgan fingerprint density at radius 1 is 1.40 bits per heavy atom. The smallest absolute Gasteiger partial charge is 0.328 e. The van der Waals surface area contributed by atoms with Crippen LogP contribution in [0.2, 0.25) is 0 Å². The van der Waals surface area contributed by atoms with Crippen molar-refractivity contribution in [3.05, 3.63) is 33.1 Å². The summed E-state index contributed by atoms with van der Waals surface area (Å²) in [5, 5.41) is 11.3. The molecule has 0 aliphatic rings. The third-order valence-corrected chi connectivity index (χ3v) is 2.55. The van der Waals surface area contributed by atoms with Gasteiger partial charge in [-0.05, 0) is 12.3 Å². The summed E-state index contributed by atoms with van der Waals surface area (Å²) >= 11 is 0. The average molecular weight is 283 g/mol. The number of hydrogen-bond acceptors (Lipinski definition) is 4. The molecule has 8 nitrogen and oxygen atoms in total. The summed E-state index contributed by atoms with van der Waals surface area (Å²) in [5.41, 5.74) is -1.28. The van der Waals surface area contributed by atoms with Crippen molar-refractivity contribution in [3.8, 4) is 0 Å². The zero-order valence-electron chi connectivity index (χ0n) is 11.3. The quantitative estimate of drug-likeness (QED) is 0.628. The minimum absolute atomic E-state index is 0.104. The molecular weight excluding hydrogens is 266 g/mol. The van der Waals surface area contributed by atoms with E-state index in [9.17, 15) is 19.2 Å². The molecule has 110 valence electrons. The molecule has 1 amide bonds. The molecule has 0 aromatic carbocycles. The van der Waals surface area contributed by atoms with Crippen molar-refractivity contribution in [1.82, 2.24) is 14.9 Å². The van der Waals surface area contributed by atoms with Crippen molar-refractivity contribution in [3.63, 3.8) is 0 Å². The highest BCUT2D eigenvalue weighted by atomic mass is 16.4. The molecule has 1 aromatic rings. The van der Waals surface area contributed by atoms with Gasteiger partial charge < -0.3 is 10.4 Å². The van der Waals surface area contributed by atoms with Crippen LogP contribution in [-0.2, 0) is 16.1 Å². The first-order valence-electron chi connectivity index (χ1n) is 6.11. The Morgan fingerprint density at radius 3 is 2.55 bits per heavy atom. The number of H-pyrrole nitrogens is 1. The van der Waals surface area contributed by atoms with Gasteiger partial charge >= 0.3 is 11.7 Å². The SMILES string of the molecule is CC(C)C[C@H](NC(=O)Cn1ccc(=O)[nH]c1=O)C(=O)O. The summed E-state index contributed by atoms with van der Waals surface area (Å²) < 4.78 is 0.991. The predicted molar refractivity (Wildman–Crippen MR) is 70.3 cm³/mol. The zero-order valence-corrected chi connectivity index (χ0v) is 11.3. The molecule has 0 spiro atoms. The molecule has 0 unspecified atom stereocenters. The second-order valence-corrected chi connectivity index (χ2v) is 4.83. The molecule has 20 heavy (non-hydrogen) atoms. The number of carbonyl (C=O) groups excluding carboxylic acids is 1. The van der Waals surface area contributed by atoms with E-state index >= 15 is 0 Å². The van der Waals surface area contributed by atoms with Gasteiger partial charge in [0.1, 0.15) is 12.6 Å². The molecule has 1 rings (SSSR count). The lowest BCUT2D eigenvalue weighted by Crippen LogP contribution is -2.44. The Morgan fingerprint density at radius 2 is 2.05 bits per heavy atom. The van der Waals surface area contributed by atoms with Crippen LogP contribution < -0.4 is 16.6 Å². The van der Waals surface area contributed by atoms with Gasteiger partial charge in [-0.25, -0.2) is 9.59 Å². The number of nitrogens with one attached hydrogen (secondary N) is 2. The number of carboxylic acids is 1. The van der Waals surface area contributed by atoms with E-state index in [1.807, 2.05) is 18.8 Å². The van der Waals surface area contributed by atoms with Gasteiger partial charge in [-0.3, -0.25) is 19.1 Å². The van der Waals surface area contributed by atoms with Crippen LogP contribution in [0.1, 0.15) is 20.3 Å². The van der Waals surface area contributed by atoms with Gasteiger partial charge in [0.05, 0.1) is 0 Å². The Hall–Kier alpha value is -2.38. The first-order valence-corrected chi connectivity index (χ1v) is 6.11. The van der Waals surface area contributed by atoms with Gasteiger partial charge in [0.2, 0.25) is 5.91 Å². The number of carbonyl (C=O) groups is 2. The van der Waals surface area contributed by atoms with Crippen LogP contribution in [0.3, 0.4) is 0 Å². The molecule has 1 heterocycles. The Balaban J connectivity index is 2.73. The number of hydrogen-bond donors (Lipinski definition) is 3. The molecule has 0 radical (unpaired) electrons. The van der Waals surface area contributed by atoms with Crippen LogP contribution >= 0.6 is 0 Å². The maximum absolute atomic E-state index is 11.7. The van der Waals surface area contributed by atoms with E-state index in [0.717, 1.165) is 10.6 Å². The molecule has 1 aromatic heterocycles. The lowest BCUT2D eigenvalue weighted by Gasteiger charge is -2.16. The monoisotopic (exact) mass is 283 g/mol. The molecule has 0 bridgehead atoms. The minimum atomic E-state index is -1.12. The lowest BCUT2D eigenvalue weighted by molar-refractivity contribution is -0.142. The third kappa shape index (κ3) is 4.71. The van der Waals surface area contributed by atoms with Crippen molar-refractivity contribution in [1.29, 1.82) is 0 Å². The van der Waals surface area contributed by atoms with Gasteiger partial charge in [-0.15, -0.1) is 0 Å².